The first kappa shape index (κ1) is 19.9. The highest BCUT2D eigenvalue weighted by molar-refractivity contribution is 7.89. The standard InChI is InChI=1S/C16H14F4N2O3S/c1-8-4-5-9(6-12(8)26(24,25)22(2)3)21-16(23)10-7-11(17)14(19)15(20)13(10)18/h4-7H,1-3H3,(H,21,23). The molecule has 0 aromatic heterocycles. The minimum absolute atomic E-state index is 0.0504. The molecule has 2 rings (SSSR count). The largest absolute Gasteiger partial charge is 0.322 e. The van der Waals surface area contributed by atoms with Crippen LogP contribution in [0.3, 0.4) is 0 Å². The highest BCUT2D eigenvalue weighted by Gasteiger charge is 2.24. The van der Waals surface area contributed by atoms with Crippen molar-refractivity contribution in [2.45, 2.75) is 11.8 Å². The number of sulfonamides is 1. The topological polar surface area (TPSA) is 66.5 Å². The molecule has 0 saturated heterocycles. The number of halogens is 4. The summed E-state index contributed by atoms with van der Waals surface area (Å²) < 4.78 is 78.6. The van der Waals surface area contributed by atoms with E-state index in [1.165, 1.54) is 33.2 Å². The summed E-state index contributed by atoms with van der Waals surface area (Å²) in [6, 6.07) is 4.07. The summed E-state index contributed by atoms with van der Waals surface area (Å²) in [5.74, 6) is -9.00. The zero-order valence-corrected chi connectivity index (χ0v) is 14.7. The third kappa shape index (κ3) is 3.56. The molecule has 0 aliphatic heterocycles. The average Bonchev–Trinajstić information content (AvgIpc) is 2.57. The first-order valence-corrected chi connectivity index (χ1v) is 8.58. The normalized spacial score (nSPS) is 11.7. The van der Waals surface area contributed by atoms with E-state index >= 15 is 0 Å². The van der Waals surface area contributed by atoms with E-state index in [0.29, 0.717) is 5.56 Å². The summed E-state index contributed by atoms with van der Waals surface area (Å²) in [6.07, 6.45) is 0. The fraction of sp³-hybridized carbons (Fsp3) is 0.188. The first-order valence-electron chi connectivity index (χ1n) is 7.14. The lowest BCUT2D eigenvalue weighted by molar-refractivity contribution is 0.102. The Morgan fingerprint density at radius 1 is 1.00 bits per heavy atom. The van der Waals surface area contributed by atoms with Crippen LogP contribution in [0.15, 0.2) is 29.2 Å². The average molecular weight is 390 g/mol. The first-order chi connectivity index (χ1) is 12.0. The Kier molecular flexibility index (Phi) is 5.38. The Hall–Kier alpha value is -2.46. The van der Waals surface area contributed by atoms with E-state index in [-0.39, 0.29) is 16.6 Å². The van der Waals surface area contributed by atoms with E-state index in [1.54, 1.807) is 0 Å². The maximum absolute atomic E-state index is 13.7. The van der Waals surface area contributed by atoms with Crippen LogP contribution in [-0.4, -0.2) is 32.7 Å². The maximum atomic E-state index is 13.7. The molecule has 0 unspecified atom stereocenters. The molecular weight excluding hydrogens is 376 g/mol. The van der Waals surface area contributed by atoms with Crippen LogP contribution in [0.4, 0.5) is 23.2 Å². The van der Waals surface area contributed by atoms with Crippen molar-refractivity contribution in [3.05, 3.63) is 58.7 Å². The number of hydrogen-bond donors (Lipinski definition) is 1. The highest BCUT2D eigenvalue weighted by atomic mass is 32.2. The second-order valence-electron chi connectivity index (χ2n) is 5.57. The van der Waals surface area contributed by atoms with E-state index in [9.17, 15) is 30.8 Å². The Morgan fingerprint density at radius 2 is 1.62 bits per heavy atom. The fourth-order valence-corrected chi connectivity index (χ4v) is 3.23. The number of hydrogen-bond acceptors (Lipinski definition) is 3. The summed E-state index contributed by atoms with van der Waals surface area (Å²) in [7, 11) is -1.18. The van der Waals surface area contributed by atoms with Gasteiger partial charge in [-0.1, -0.05) is 6.07 Å². The molecular formula is C16H14F4N2O3S. The van der Waals surface area contributed by atoms with Gasteiger partial charge in [0.1, 0.15) is 0 Å². The Morgan fingerprint density at radius 3 is 2.19 bits per heavy atom. The predicted octanol–water partition coefficient (Wildman–Crippen LogP) is 3.05. The Bertz CT molecular complexity index is 991. The van der Waals surface area contributed by atoms with Crippen molar-refractivity contribution < 1.29 is 30.8 Å². The van der Waals surface area contributed by atoms with Gasteiger partial charge in [0.05, 0.1) is 10.5 Å². The maximum Gasteiger partial charge on any atom is 0.258 e. The molecule has 140 valence electrons. The molecule has 0 aliphatic carbocycles. The molecule has 10 heteroatoms. The van der Waals surface area contributed by atoms with E-state index < -0.39 is 44.8 Å². The molecule has 1 amide bonds. The monoisotopic (exact) mass is 390 g/mol. The highest BCUT2D eigenvalue weighted by Crippen LogP contribution is 2.24. The van der Waals surface area contributed by atoms with Gasteiger partial charge >= 0.3 is 0 Å². The third-order valence-electron chi connectivity index (χ3n) is 3.55. The SMILES string of the molecule is Cc1ccc(NC(=O)c2cc(F)c(F)c(F)c2F)cc1S(=O)(=O)N(C)C. The van der Waals surface area contributed by atoms with Crippen LogP contribution < -0.4 is 5.32 Å². The third-order valence-corrected chi connectivity index (χ3v) is 5.51. The molecule has 0 fully saturated rings. The Balaban J connectivity index is 2.43. The second-order valence-corrected chi connectivity index (χ2v) is 7.69. The molecule has 0 heterocycles. The van der Waals surface area contributed by atoms with Crippen LogP contribution in [0.2, 0.25) is 0 Å². The van der Waals surface area contributed by atoms with Crippen LogP contribution in [0, 0.1) is 30.2 Å². The van der Waals surface area contributed by atoms with Gasteiger partial charge in [-0.2, -0.15) is 0 Å². The molecule has 0 bridgehead atoms. The number of anilines is 1. The quantitative estimate of drug-likeness (QED) is 0.496. The summed E-state index contributed by atoms with van der Waals surface area (Å²) in [5, 5.41) is 2.13. The van der Waals surface area contributed by atoms with E-state index in [4.69, 9.17) is 0 Å². The number of nitrogens with one attached hydrogen (secondary N) is 1. The number of aryl methyl sites for hydroxylation is 1. The predicted molar refractivity (Wildman–Crippen MR) is 86.3 cm³/mol. The molecule has 0 saturated carbocycles. The fourth-order valence-electron chi connectivity index (χ4n) is 2.09. The summed E-state index contributed by atoms with van der Waals surface area (Å²) in [4.78, 5) is 12.0. The lowest BCUT2D eigenvalue weighted by Gasteiger charge is -2.15. The zero-order valence-electron chi connectivity index (χ0n) is 13.9. The van der Waals surface area contributed by atoms with Crippen molar-refractivity contribution in [3.63, 3.8) is 0 Å². The van der Waals surface area contributed by atoms with Crippen LogP contribution in [0.25, 0.3) is 0 Å². The molecule has 0 radical (unpaired) electrons. The summed E-state index contributed by atoms with van der Waals surface area (Å²) in [5.41, 5.74) is -0.716. The van der Waals surface area contributed by atoms with E-state index in [0.717, 1.165) is 10.4 Å². The zero-order chi connectivity index (χ0) is 19.8. The molecule has 2 aromatic carbocycles. The van der Waals surface area contributed by atoms with Crippen LogP contribution in [-0.2, 0) is 10.0 Å². The number of benzene rings is 2. The van der Waals surface area contributed by atoms with Gasteiger partial charge in [0.25, 0.3) is 5.91 Å². The van der Waals surface area contributed by atoms with Crippen LogP contribution in [0.5, 0.6) is 0 Å². The van der Waals surface area contributed by atoms with Gasteiger partial charge in [0, 0.05) is 19.8 Å². The lowest BCUT2D eigenvalue weighted by Crippen LogP contribution is -2.23. The molecule has 26 heavy (non-hydrogen) atoms. The van der Waals surface area contributed by atoms with Crippen LogP contribution >= 0.6 is 0 Å². The number of rotatable bonds is 4. The van der Waals surface area contributed by atoms with Crippen molar-refractivity contribution in [1.29, 1.82) is 0 Å². The number of carbonyl (C=O) groups excluding carboxylic acids is 1. The summed E-state index contributed by atoms with van der Waals surface area (Å²) in [6.45, 7) is 1.53. The number of nitrogens with zero attached hydrogens (tertiary/aromatic N) is 1. The van der Waals surface area contributed by atoms with Gasteiger partial charge in [0.2, 0.25) is 10.0 Å². The Labute approximate surface area is 147 Å². The molecule has 1 N–H and O–H groups in total. The van der Waals surface area contributed by atoms with Gasteiger partial charge in [0.15, 0.2) is 23.3 Å². The van der Waals surface area contributed by atoms with Crippen molar-refractivity contribution in [1.82, 2.24) is 4.31 Å². The number of carbonyl (C=O) groups is 1. The number of amides is 1. The summed E-state index contributed by atoms with van der Waals surface area (Å²) >= 11 is 0. The molecule has 0 atom stereocenters. The van der Waals surface area contributed by atoms with Crippen molar-refractivity contribution in [2.75, 3.05) is 19.4 Å². The van der Waals surface area contributed by atoms with E-state index in [1.807, 2.05) is 0 Å². The van der Waals surface area contributed by atoms with Crippen molar-refractivity contribution in [2.24, 2.45) is 0 Å². The molecule has 0 aliphatic rings. The van der Waals surface area contributed by atoms with Crippen molar-refractivity contribution in [3.8, 4) is 0 Å². The van der Waals surface area contributed by atoms with Crippen molar-refractivity contribution >= 4 is 21.6 Å². The van der Waals surface area contributed by atoms with Gasteiger partial charge in [-0.3, -0.25) is 4.79 Å². The van der Waals surface area contributed by atoms with E-state index in [2.05, 4.69) is 5.32 Å². The van der Waals surface area contributed by atoms with Gasteiger partial charge in [-0.15, -0.1) is 0 Å². The van der Waals surface area contributed by atoms with Crippen LogP contribution in [0.1, 0.15) is 15.9 Å². The lowest BCUT2D eigenvalue weighted by atomic mass is 10.1. The molecule has 0 spiro atoms. The second kappa shape index (κ2) is 7.04. The van der Waals surface area contributed by atoms with Gasteiger partial charge in [-0.05, 0) is 30.7 Å². The van der Waals surface area contributed by atoms with Gasteiger partial charge in [-0.25, -0.2) is 30.3 Å². The van der Waals surface area contributed by atoms with Gasteiger partial charge < -0.3 is 5.32 Å². The minimum Gasteiger partial charge on any atom is -0.322 e. The molecule has 5 nitrogen and oxygen atoms in total. The minimum atomic E-state index is -3.82. The molecule has 2 aromatic rings. The smallest absolute Gasteiger partial charge is 0.258 e.